The lowest BCUT2D eigenvalue weighted by Gasteiger charge is -2.61. The molecule has 3 atom stereocenters. The van der Waals surface area contributed by atoms with Crippen LogP contribution in [0, 0.1) is 29.1 Å². The second-order valence-corrected chi connectivity index (χ2v) is 6.76. The van der Waals surface area contributed by atoms with Gasteiger partial charge in [0.2, 0.25) is 0 Å². The molecular weight excluding hydrogens is 182 g/mol. The fraction of sp³-hybridized carbons (Fsp3) is 1.00. The predicted octanol–water partition coefficient (Wildman–Crippen LogP) is 3.19. The highest BCUT2D eigenvalue weighted by Crippen LogP contribution is 2.63. The van der Waals surface area contributed by atoms with E-state index in [4.69, 9.17) is 5.73 Å². The summed E-state index contributed by atoms with van der Waals surface area (Å²) >= 11 is 0. The highest BCUT2D eigenvalue weighted by atomic mass is 14.7. The van der Waals surface area contributed by atoms with Gasteiger partial charge in [0.25, 0.3) is 0 Å². The Balaban J connectivity index is 1.88. The van der Waals surface area contributed by atoms with Gasteiger partial charge in [-0.15, -0.1) is 0 Å². The summed E-state index contributed by atoms with van der Waals surface area (Å²) < 4.78 is 0. The Morgan fingerprint density at radius 3 is 2.27 bits per heavy atom. The van der Waals surface area contributed by atoms with Crippen LogP contribution in [0.25, 0.3) is 0 Å². The normalized spacial score (nSPS) is 54.6. The van der Waals surface area contributed by atoms with Crippen molar-refractivity contribution < 1.29 is 0 Å². The van der Waals surface area contributed by atoms with E-state index in [1.54, 1.807) is 6.42 Å². The van der Waals surface area contributed by atoms with Gasteiger partial charge < -0.3 is 5.73 Å². The van der Waals surface area contributed by atoms with Crippen LogP contribution in [0.5, 0.6) is 0 Å². The van der Waals surface area contributed by atoms with Crippen molar-refractivity contribution in [1.82, 2.24) is 0 Å². The summed E-state index contributed by atoms with van der Waals surface area (Å²) in [4.78, 5) is 0. The first-order valence-corrected chi connectivity index (χ1v) is 6.89. The first kappa shape index (κ1) is 10.1. The second kappa shape index (κ2) is 3.23. The molecule has 0 saturated heterocycles. The number of hydrogen-bond acceptors (Lipinski definition) is 1. The van der Waals surface area contributed by atoms with Crippen LogP contribution in [0.2, 0.25) is 0 Å². The van der Waals surface area contributed by atoms with Crippen molar-refractivity contribution in [3.05, 3.63) is 0 Å². The minimum Gasteiger partial charge on any atom is -0.328 e. The average molecular weight is 207 g/mol. The molecule has 4 bridgehead atoms. The van der Waals surface area contributed by atoms with Crippen LogP contribution in [-0.2, 0) is 0 Å². The maximum atomic E-state index is 6.20. The standard InChI is InChI=1S/C14H25N/c1-3-14-6-10-4-11(7-14)13(9(2)15)12(5-10)8-14/h9-13H,3-8,15H2,1-2H3. The zero-order valence-corrected chi connectivity index (χ0v) is 10.2. The van der Waals surface area contributed by atoms with Crippen LogP contribution in [0.4, 0.5) is 0 Å². The molecule has 1 heteroatoms. The third-order valence-electron chi connectivity index (χ3n) is 5.83. The minimum atomic E-state index is 0.439. The molecule has 0 heterocycles. The largest absolute Gasteiger partial charge is 0.328 e. The molecule has 4 aliphatic carbocycles. The van der Waals surface area contributed by atoms with Gasteiger partial charge in [0.05, 0.1) is 0 Å². The molecular formula is C14H25N. The number of hydrogen-bond donors (Lipinski definition) is 1. The van der Waals surface area contributed by atoms with Crippen molar-refractivity contribution in [3.63, 3.8) is 0 Å². The van der Waals surface area contributed by atoms with E-state index in [0.29, 0.717) is 6.04 Å². The summed E-state index contributed by atoms with van der Waals surface area (Å²) in [5.41, 5.74) is 6.95. The lowest BCUT2D eigenvalue weighted by molar-refractivity contribution is -0.102. The first-order valence-electron chi connectivity index (χ1n) is 6.89. The molecule has 0 aromatic rings. The Morgan fingerprint density at radius 2 is 1.80 bits per heavy atom. The minimum absolute atomic E-state index is 0.439. The lowest BCUT2D eigenvalue weighted by atomic mass is 9.45. The molecule has 4 saturated carbocycles. The third kappa shape index (κ3) is 1.39. The van der Waals surface area contributed by atoms with Crippen molar-refractivity contribution in [1.29, 1.82) is 0 Å². The highest BCUT2D eigenvalue weighted by molar-refractivity contribution is 5.05. The first-order chi connectivity index (χ1) is 7.13. The number of nitrogens with two attached hydrogens (primary N) is 1. The summed E-state index contributed by atoms with van der Waals surface area (Å²) in [6, 6.07) is 0.439. The van der Waals surface area contributed by atoms with Crippen LogP contribution in [-0.4, -0.2) is 6.04 Å². The van der Waals surface area contributed by atoms with Gasteiger partial charge in [-0.25, -0.2) is 0 Å². The summed E-state index contributed by atoms with van der Waals surface area (Å²) in [5.74, 6) is 3.89. The summed E-state index contributed by atoms with van der Waals surface area (Å²) in [6.07, 6.45) is 8.98. The molecule has 0 aromatic heterocycles. The maximum Gasteiger partial charge on any atom is 0.00440 e. The molecule has 0 radical (unpaired) electrons. The Hall–Kier alpha value is -0.0400. The van der Waals surface area contributed by atoms with E-state index in [1.165, 1.54) is 32.1 Å². The highest BCUT2D eigenvalue weighted by Gasteiger charge is 2.54. The molecule has 4 aliphatic rings. The van der Waals surface area contributed by atoms with E-state index in [9.17, 15) is 0 Å². The fourth-order valence-electron chi connectivity index (χ4n) is 5.52. The molecule has 0 aliphatic heterocycles. The van der Waals surface area contributed by atoms with E-state index in [0.717, 1.165) is 29.1 Å². The van der Waals surface area contributed by atoms with Crippen LogP contribution in [0.15, 0.2) is 0 Å². The smallest absolute Gasteiger partial charge is 0.00440 e. The molecule has 4 rings (SSSR count). The molecule has 0 aromatic carbocycles. The average Bonchev–Trinajstić information content (AvgIpc) is 2.15. The maximum absolute atomic E-state index is 6.20. The Labute approximate surface area is 93.8 Å². The molecule has 15 heavy (non-hydrogen) atoms. The SMILES string of the molecule is CCC12CC3CC(C1)C(C(C)N)C(C3)C2. The summed E-state index contributed by atoms with van der Waals surface area (Å²) in [6.45, 7) is 4.65. The number of rotatable bonds is 2. The molecule has 3 unspecified atom stereocenters. The van der Waals surface area contributed by atoms with E-state index in [-0.39, 0.29) is 0 Å². The van der Waals surface area contributed by atoms with Crippen molar-refractivity contribution in [3.8, 4) is 0 Å². The molecule has 0 spiro atoms. The summed E-state index contributed by atoms with van der Waals surface area (Å²) in [7, 11) is 0. The molecule has 2 N–H and O–H groups in total. The van der Waals surface area contributed by atoms with Crippen LogP contribution >= 0.6 is 0 Å². The quantitative estimate of drug-likeness (QED) is 0.739. The van der Waals surface area contributed by atoms with Crippen LogP contribution < -0.4 is 5.73 Å². The molecule has 0 amide bonds. The van der Waals surface area contributed by atoms with Crippen molar-refractivity contribution in [2.24, 2.45) is 34.8 Å². The van der Waals surface area contributed by atoms with Gasteiger partial charge in [-0.05, 0) is 68.1 Å². The van der Waals surface area contributed by atoms with Crippen LogP contribution in [0.1, 0.15) is 52.4 Å². The van der Waals surface area contributed by atoms with Gasteiger partial charge in [-0.2, -0.15) is 0 Å². The Bertz CT molecular complexity index is 242. The van der Waals surface area contributed by atoms with E-state index >= 15 is 0 Å². The summed E-state index contributed by atoms with van der Waals surface area (Å²) in [5, 5.41) is 0. The molecule has 4 fully saturated rings. The zero-order valence-electron chi connectivity index (χ0n) is 10.2. The topological polar surface area (TPSA) is 26.0 Å². The van der Waals surface area contributed by atoms with Gasteiger partial charge in [-0.3, -0.25) is 0 Å². The van der Waals surface area contributed by atoms with E-state index < -0.39 is 0 Å². The monoisotopic (exact) mass is 207 g/mol. The van der Waals surface area contributed by atoms with Gasteiger partial charge in [0.15, 0.2) is 0 Å². The van der Waals surface area contributed by atoms with Crippen LogP contribution in [0.3, 0.4) is 0 Å². The third-order valence-corrected chi connectivity index (χ3v) is 5.83. The predicted molar refractivity (Wildman–Crippen MR) is 63.4 cm³/mol. The Kier molecular flexibility index (Phi) is 2.18. The van der Waals surface area contributed by atoms with Gasteiger partial charge >= 0.3 is 0 Å². The van der Waals surface area contributed by atoms with E-state index in [1.807, 2.05) is 0 Å². The molecule has 1 nitrogen and oxygen atoms in total. The molecule has 86 valence electrons. The Morgan fingerprint density at radius 1 is 1.20 bits per heavy atom. The fourth-order valence-corrected chi connectivity index (χ4v) is 5.52. The van der Waals surface area contributed by atoms with Gasteiger partial charge in [0.1, 0.15) is 0 Å². The van der Waals surface area contributed by atoms with Gasteiger partial charge in [0, 0.05) is 6.04 Å². The zero-order chi connectivity index (χ0) is 10.6. The second-order valence-electron chi connectivity index (χ2n) is 6.76. The van der Waals surface area contributed by atoms with E-state index in [2.05, 4.69) is 13.8 Å². The van der Waals surface area contributed by atoms with Gasteiger partial charge in [-0.1, -0.05) is 13.3 Å². The van der Waals surface area contributed by atoms with Crippen molar-refractivity contribution in [2.75, 3.05) is 0 Å². The van der Waals surface area contributed by atoms with Crippen molar-refractivity contribution in [2.45, 2.75) is 58.4 Å². The lowest BCUT2D eigenvalue weighted by Crippen LogP contribution is -2.54. The van der Waals surface area contributed by atoms with Crippen molar-refractivity contribution >= 4 is 0 Å².